The molecule has 8 rings (SSSR count). The molecule has 3 atom stereocenters. The number of likely N-dealkylation sites (tertiary alicyclic amines) is 2. The summed E-state index contributed by atoms with van der Waals surface area (Å²) in [5.41, 5.74) is 3.23. The SMILES string of the molecule is CN1CCC[C@H]1COc1nc(N2C3CCC2CN(C(=O)c2ccn[nH]2)C3)c2ccc(-c3cc(O)cc4ccccc34)cc2n1. The molecule has 3 aliphatic rings. The van der Waals surface area contributed by atoms with E-state index in [4.69, 9.17) is 14.7 Å². The van der Waals surface area contributed by atoms with Crippen molar-refractivity contribution in [3.8, 4) is 22.9 Å². The number of H-pyrrole nitrogens is 1. The molecule has 0 radical (unpaired) electrons. The first-order valence-electron chi connectivity index (χ1n) is 15.5. The number of hydrogen-bond acceptors (Lipinski definition) is 8. The number of benzene rings is 3. The number of phenols is 1. The fourth-order valence-electron chi connectivity index (χ4n) is 7.38. The summed E-state index contributed by atoms with van der Waals surface area (Å²) >= 11 is 0. The minimum atomic E-state index is -0.0146. The normalized spacial score (nSPS) is 21.9. The van der Waals surface area contributed by atoms with Crippen molar-refractivity contribution in [2.75, 3.05) is 38.2 Å². The van der Waals surface area contributed by atoms with E-state index in [9.17, 15) is 9.90 Å². The number of phenolic OH excluding ortho intramolecular Hbond substituents is 1. The number of ether oxygens (including phenoxy) is 1. The Kier molecular flexibility index (Phi) is 6.59. The van der Waals surface area contributed by atoms with Gasteiger partial charge in [0.05, 0.1) is 5.52 Å². The lowest BCUT2D eigenvalue weighted by molar-refractivity contribution is 0.0711. The van der Waals surface area contributed by atoms with Crippen molar-refractivity contribution in [2.45, 2.75) is 43.8 Å². The zero-order valence-corrected chi connectivity index (χ0v) is 24.7. The van der Waals surface area contributed by atoms with Crippen LogP contribution in [0.4, 0.5) is 5.82 Å². The Hall–Kier alpha value is -4.70. The number of fused-ring (bicyclic) bond motifs is 4. The number of piperazine rings is 1. The largest absolute Gasteiger partial charge is 0.508 e. The number of hydrogen-bond donors (Lipinski definition) is 2. The maximum Gasteiger partial charge on any atom is 0.319 e. The highest BCUT2D eigenvalue weighted by Crippen LogP contribution is 2.40. The average molecular weight is 590 g/mol. The molecule has 2 bridgehead atoms. The molecule has 5 aromatic rings. The summed E-state index contributed by atoms with van der Waals surface area (Å²) < 4.78 is 6.33. The van der Waals surface area contributed by atoms with Gasteiger partial charge in [-0.3, -0.25) is 9.89 Å². The maximum atomic E-state index is 13.2. The Bertz CT molecular complexity index is 1850. The second-order valence-corrected chi connectivity index (χ2v) is 12.3. The number of amides is 1. The minimum absolute atomic E-state index is 0.0146. The molecule has 10 heteroatoms. The average Bonchev–Trinajstić information content (AvgIpc) is 3.78. The van der Waals surface area contributed by atoms with Crippen LogP contribution >= 0.6 is 0 Å². The number of aromatic amines is 1. The number of aromatic nitrogens is 4. The van der Waals surface area contributed by atoms with Crippen LogP contribution in [0.15, 0.2) is 66.9 Å². The third-order valence-corrected chi connectivity index (χ3v) is 9.64. The highest BCUT2D eigenvalue weighted by atomic mass is 16.5. The van der Waals surface area contributed by atoms with Crippen LogP contribution in [-0.2, 0) is 0 Å². The predicted octanol–water partition coefficient (Wildman–Crippen LogP) is 4.85. The molecule has 3 fully saturated rings. The molecule has 224 valence electrons. The first-order valence-corrected chi connectivity index (χ1v) is 15.5. The topological polar surface area (TPSA) is 111 Å². The van der Waals surface area contributed by atoms with Gasteiger partial charge in [0, 0.05) is 42.8 Å². The Morgan fingerprint density at radius 3 is 2.61 bits per heavy atom. The molecule has 44 heavy (non-hydrogen) atoms. The molecule has 3 aromatic carbocycles. The third-order valence-electron chi connectivity index (χ3n) is 9.64. The summed E-state index contributed by atoms with van der Waals surface area (Å²) in [5.74, 6) is 1.07. The molecule has 0 aliphatic carbocycles. The molecule has 3 saturated heterocycles. The van der Waals surface area contributed by atoms with Crippen molar-refractivity contribution >= 4 is 33.4 Å². The Labute approximate surface area is 255 Å². The van der Waals surface area contributed by atoms with Gasteiger partial charge in [-0.25, -0.2) is 0 Å². The van der Waals surface area contributed by atoms with E-state index in [1.807, 2.05) is 29.2 Å². The number of carbonyl (C=O) groups is 1. The van der Waals surface area contributed by atoms with Gasteiger partial charge >= 0.3 is 6.01 Å². The number of nitrogens with zero attached hydrogens (tertiary/aromatic N) is 6. The number of likely N-dealkylation sites (N-methyl/N-ethyl adjacent to an activating group) is 1. The van der Waals surface area contributed by atoms with Crippen LogP contribution < -0.4 is 9.64 Å². The zero-order valence-electron chi connectivity index (χ0n) is 24.7. The van der Waals surface area contributed by atoms with Crippen molar-refractivity contribution in [2.24, 2.45) is 0 Å². The molecular weight excluding hydrogens is 554 g/mol. The van der Waals surface area contributed by atoms with E-state index in [1.165, 1.54) is 6.42 Å². The summed E-state index contributed by atoms with van der Waals surface area (Å²) in [6.07, 6.45) is 5.85. The van der Waals surface area contributed by atoms with Crippen molar-refractivity contribution in [1.29, 1.82) is 0 Å². The molecule has 0 saturated carbocycles. The summed E-state index contributed by atoms with van der Waals surface area (Å²) in [4.78, 5) is 29.8. The van der Waals surface area contributed by atoms with Crippen molar-refractivity contribution < 1.29 is 14.6 Å². The van der Waals surface area contributed by atoms with E-state index in [-0.39, 0.29) is 23.7 Å². The standard InChI is InChI=1S/C34H35N7O3/c1-39-14-4-6-25(39)20-44-34-36-31-16-22(29-17-26(42)15-21-5-2-3-7-27(21)29)8-11-28(31)32(37-34)41-23-9-10-24(41)19-40(18-23)33(43)30-12-13-35-38-30/h2-3,5,7-8,11-13,15-17,23-25,42H,4,6,9-10,14,18-20H2,1H3,(H,35,38)/t23?,24?,25-/m0/s1. The van der Waals surface area contributed by atoms with Crippen LogP contribution in [0.2, 0.25) is 0 Å². The summed E-state index contributed by atoms with van der Waals surface area (Å²) in [5, 5.41) is 20.3. The fourth-order valence-corrected chi connectivity index (χ4v) is 7.38. The number of aromatic hydroxyl groups is 1. The van der Waals surface area contributed by atoms with Crippen LogP contribution in [-0.4, -0.2) is 92.4 Å². The molecule has 5 heterocycles. The van der Waals surface area contributed by atoms with Crippen LogP contribution in [0.5, 0.6) is 11.8 Å². The number of carbonyl (C=O) groups excluding carboxylic acids is 1. The van der Waals surface area contributed by atoms with Gasteiger partial charge in [-0.2, -0.15) is 15.1 Å². The number of rotatable bonds is 6. The van der Waals surface area contributed by atoms with Crippen LogP contribution in [0.25, 0.3) is 32.8 Å². The smallest absolute Gasteiger partial charge is 0.319 e. The van der Waals surface area contributed by atoms with Gasteiger partial charge in [0.1, 0.15) is 23.9 Å². The molecule has 2 unspecified atom stereocenters. The van der Waals surface area contributed by atoms with Crippen LogP contribution in [0.3, 0.4) is 0 Å². The second-order valence-electron chi connectivity index (χ2n) is 12.3. The molecule has 2 N–H and O–H groups in total. The third kappa shape index (κ3) is 4.70. The van der Waals surface area contributed by atoms with Gasteiger partial charge in [-0.1, -0.05) is 30.3 Å². The second kappa shape index (κ2) is 10.8. The first kappa shape index (κ1) is 26.9. The van der Waals surface area contributed by atoms with E-state index in [1.54, 1.807) is 18.3 Å². The van der Waals surface area contributed by atoms with Gasteiger partial charge in [-0.15, -0.1) is 0 Å². The molecule has 2 aromatic heterocycles. The lowest BCUT2D eigenvalue weighted by Gasteiger charge is -2.42. The van der Waals surface area contributed by atoms with Gasteiger partial charge < -0.3 is 24.5 Å². The van der Waals surface area contributed by atoms with Crippen molar-refractivity contribution in [3.05, 3.63) is 72.6 Å². The van der Waals surface area contributed by atoms with E-state index < -0.39 is 0 Å². The minimum Gasteiger partial charge on any atom is -0.508 e. The van der Waals surface area contributed by atoms with E-state index in [0.29, 0.717) is 37.4 Å². The van der Waals surface area contributed by atoms with Crippen LogP contribution in [0, 0.1) is 0 Å². The summed E-state index contributed by atoms with van der Waals surface area (Å²) in [6.45, 7) is 2.86. The molecule has 10 nitrogen and oxygen atoms in total. The Balaban J connectivity index is 1.19. The van der Waals surface area contributed by atoms with E-state index in [2.05, 4.69) is 51.3 Å². The molecular formula is C34H35N7O3. The molecule has 1 amide bonds. The van der Waals surface area contributed by atoms with E-state index in [0.717, 1.165) is 64.4 Å². The van der Waals surface area contributed by atoms with Gasteiger partial charge in [0.25, 0.3) is 5.91 Å². The first-order chi connectivity index (χ1) is 21.5. The Morgan fingerprint density at radius 2 is 1.84 bits per heavy atom. The fraction of sp³-hybridized carbons (Fsp3) is 0.353. The lowest BCUT2D eigenvalue weighted by atomic mass is 9.97. The van der Waals surface area contributed by atoms with Crippen molar-refractivity contribution in [3.63, 3.8) is 0 Å². The van der Waals surface area contributed by atoms with Crippen molar-refractivity contribution in [1.82, 2.24) is 30.0 Å². The summed E-state index contributed by atoms with van der Waals surface area (Å²) in [6, 6.07) is 20.7. The van der Waals surface area contributed by atoms with Crippen LogP contribution in [0.1, 0.15) is 36.2 Å². The Morgan fingerprint density at radius 1 is 1.00 bits per heavy atom. The van der Waals surface area contributed by atoms with E-state index >= 15 is 0 Å². The highest BCUT2D eigenvalue weighted by Gasteiger charge is 2.43. The lowest BCUT2D eigenvalue weighted by Crippen LogP contribution is -2.55. The van der Waals surface area contributed by atoms with Gasteiger partial charge in [0.2, 0.25) is 0 Å². The quantitative estimate of drug-likeness (QED) is 0.289. The highest BCUT2D eigenvalue weighted by molar-refractivity contribution is 6.01. The van der Waals surface area contributed by atoms with Gasteiger partial charge in [0.15, 0.2) is 0 Å². The predicted molar refractivity (Wildman–Crippen MR) is 169 cm³/mol. The number of anilines is 1. The number of nitrogens with one attached hydrogen (secondary N) is 1. The molecule has 3 aliphatic heterocycles. The molecule has 0 spiro atoms. The maximum absolute atomic E-state index is 13.2. The summed E-state index contributed by atoms with van der Waals surface area (Å²) in [7, 11) is 2.14. The zero-order chi connectivity index (χ0) is 29.8. The monoisotopic (exact) mass is 589 g/mol. The van der Waals surface area contributed by atoms with Gasteiger partial charge in [-0.05, 0) is 91.5 Å².